The first kappa shape index (κ1) is 17.3. The summed E-state index contributed by atoms with van der Waals surface area (Å²) in [6.07, 6.45) is 5.69. The average Bonchev–Trinajstić information content (AvgIpc) is 3.05. The number of hydrogen-bond acceptors (Lipinski definition) is 6. The van der Waals surface area contributed by atoms with Gasteiger partial charge in [0.15, 0.2) is 17.3 Å². The van der Waals surface area contributed by atoms with Gasteiger partial charge in [0, 0.05) is 4.88 Å². The molecule has 1 aliphatic rings. The van der Waals surface area contributed by atoms with E-state index in [0.717, 1.165) is 31.2 Å². The summed E-state index contributed by atoms with van der Waals surface area (Å²) in [4.78, 5) is 21.9. The van der Waals surface area contributed by atoms with Crippen molar-refractivity contribution in [3.8, 4) is 17.6 Å². The van der Waals surface area contributed by atoms with E-state index in [1.165, 1.54) is 18.1 Å². The maximum Gasteiger partial charge on any atom is 0.260 e. The van der Waals surface area contributed by atoms with Crippen LogP contribution in [0.3, 0.4) is 0 Å². The third-order valence-electron chi connectivity index (χ3n) is 4.71. The highest BCUT2D eigenvalue weighted by Crippen LogP contribution is 2.34. The summed E-state index contributed by atoms with van der Waals surface area (Å²) >= 11 is 1.55. The number of aryl methyl sites for hydroxylation is 2. The molecule has 2 aromatic heterocycles. The maximum atomic E-state index is 12.7. The molecule has 0 aliphatic heterocycles. The Morgan fingerprint density at radius 2 is 2.22 bits per heavy atom. The van der Waals surface area contributed by atoms with Crippen molar-refractivity contribution in [2.75, 3.05) is 7.11 Å². The number of methoxy groups -OCH3 is 1. The van der Waals surface area contributed by atoms with Gasteiger partial charge in [-0.2, -0.15) is 5.26 Å². The third kappa shape index (κ3) is 3.09. The summed E-state index contributed by atoms with van der Waals surface area (Å²) in [5, 5.41) is 20.2. The number of ether oxygens (including phenoxy) is 1. The molecule has 1 aromatic carbocycles. The van der Waals surface area contributed by atoms with Crippen molar-refractivity contribution in [2.24, 2.45) is 0 Å². The topological polar surface area (TPSA) is 99.0 Å². The van der Waals surface area contributed by atoms with Crippen LogP contribution in [0.25, 0.3) is 21.9 Å². The van der Waals surface area contributed by atoms with E-state index >= 15 is 0 Å². The molecule has 136 valence electrons. The van der Waals surface area contributed by atoms with Gasteiger partial charge >= 0.3 is 0 Å². The predicted molar refractivity (Wildman–Crippen MR) is 105 cm³/mol. The Morgan fingerprint density at radius 1 is 1.41 bits per heavy atom. The van der Waals surface area contributed by atoms with E-state index in [2.05, 4.69) is 16.0 Å². The second-order valence-electron chi connectivity index (χ2n) is 6.41. The van der Waals surface area contributed by atoms with Gasteiger partial charge in [-0.15, -0.1) is 11.3 Å². The second-order valence-corrected chi connectivity index (χ2v) is 7.49. The Hall–Kier alpha value is -3.11. The van der Waals surface area contributed by atoms with Crippen molar-refractivity contribution in [2.45, 2.75) is 25.7 Å². The number of allylic oxidation sites excluding steroid dienone is 1. The Kier molecular flexibility index (Phi) is 4.42. The van der Waals surface area contributed by atoms with Gasteiger partial charge in [0.25, 0.3) is 5.56 Å². The van der Waals surface area contributed by atoms with Crippen LogP contribution in [0.4, 0.5) is 0 Å². The normalized spacial score (nSPS) is 14.0. The molecule has 0 unspecified atom stereocenters. The molecule has 0 radical (unpaired) electrons. The van der Waals surface area contributed by atoms with E-state index in [0.29, 0.717) is 21.5 Å². The van der Waals surface area contributed by atoms with Gasteiger partial charge in [-0.1, -0.05) is 6.07 Å². The number of phenols is 1. The van der Waals surface area contributed by atoms with Crippen LogP contribution in [0.5, 0.6) is 11.5 Å². The molecular weight excluding hydrogens is 362 g/mol. The summed E-state index contributed by atoms with van der Waals surface area (Å²) in [6, 6.07) is 6.92. The summed E-state index contributed by atoms with van der Waals surface area (Å²) in [7, 11) is 1.47. The summed E-state index contributed by atoms with van der Waals surface area (Å²) < 4.78 is 5.03. The van der Waals surface area contributed by atoms with Gasteiger partial charge in [0.2, 0.25) is 0 Å². The third-order valence-corrected chi connectivity index (χ3v) is 5.90. The molecule has 0 fully saturated rings. The van der Waals surface area contributed by atoms with Crippen LogP contribution in [-0.2, 0) is 12.8 Å². The number of aromatic nitrogens is 2. The Bertz CT molecular complexity index is 1170. The molecule has 27 heavy (non-hydrogen) atoms. The molecular formula is C20H17N3O3S. The van der Waals surface area contributed by atoms with E-state index < -0.39 is 0 Å². The van der Waals surface area contributed by atoms with Crippen LogP contribution in [0.15, 0.2) is 23.0 Å². The quantitative estimate of drug-likeness (QED) is 0.677. The first-order valence-electron chi connectivity index (χ1n) is 8.64. The zero-order chi connectivity index (χ0) is 19.0. The first-order valence-corrected chi connectivity index (χ1v) is 9.46. The number of thiophene rings is 1. The number of nitrogens with zero attached hydrogens (tertiary/aromatic N) is 2. The minimum absolute atomic E-state index is 0.0219. The zero-order valence-corrected chi connectivity index (χ0v) is 15.5. The van der Waals surface area contributed by atoms with Crippen molar-refractivity contribution >= 4 is 33.2 Å². The van der Waals surface area contributed by atoms with Crippen molar-refractivity contribution < 1.29 is 9.84 Å². The molecule has 2 heterocycles. The molecule has 3 aromatic rings. The minimum Gasteiger partial charge on any atom is -0.504 e. The van der Waals surface area contributed by atoms with Crippen molar-refractivity contribution in [3.63, 3.8) is 0 Å². The van der Waals surface area contributed by atoms with Gasteiger partial charge in [0.05, 0.1) is 18.1 Å². The Morgan fingerprint density at radius 3 is 2.96 bits per heavy atom. The summed E-state index contributed by atoms with van der Waals surface area (Å²) in [6.45, 7) is 0. The van der Waals surface area contributed by atoms with Gasteiger partial charge in [-0.3, -0.25) is 4.79 Å². The van der Waals surface area contributed by atoms with Crippen LogP contribution in [0, 0.1) is 11.3 Å². The molecule has 0 amide bonds. The van der Waals surface area contributed by atoms with Crippen LogP contribution in [-0.4, -0.2) is 22.2 Å². The lowest BCUT2D eigenvalue weighted by Gasteiger charge is -2.09. The van der Waals surface area contributed by atoms with Crippen LogP contribution in [0.2, 0.25) is 0 Å². The highest BCUT2D eigenvalue weighted by atomic mass is 32.1. The Labute approximate surface area is 159 Å². The molecule has 2 N–H and O–H groups in total. The summed E-state index contributed by atoms with van der Waals surface area (Å²) in [5.74, 6) is 0.568. The van der Waals surface area contributed by atoms with Gasteiger partial charge < -0.3 is 14.8 Å². The van der Waals surface area contributed by atoms with E-state index in [1.54, 1.807) is 29.5 Å². The number of hydrogen-bond donors (Lipinski definition) is 2. The fraction of sp³-hybridized carbons (Fsp3) is 0.250. The molecule has 7 heteroatoms. The number of aromatic hydroxyl groups is 1. The second kappa shape index (κ2) is 6.89. The summed E-state index contributed by atoms with van der Waals surface area (Å²) in [5.41, 5.74) is 1.75. The van der Waals surface area contributed by atoms with Crippen LogP contribution < -0.4 is 10.3 Å². The number of rotatable bonds is 3. The average molecular weight is 379 g/mol. The monoisotopic (exact) mass is 379 g/mol. The number of nitrogens with one attached hydrogen (secondary N) is 1. The number of phenolic OH excluding ortho intramolecular Hbond substituents is 1. The number of H-pyrrole nitrogens is 1. The van der Waals surface area contributed by atoms with Crippen molar-refractivity contribution in [3.05, 3.63) is 50.4 Å². The molecule has 0 atom stereocenters. The van der Waals surface area contributed by atoms with E-state index in [4.69, 9.17) is 4.74 Å². The largest absolute Gasteiger partial charge is 0.504 e. The smallest absolute Gasteiger partial charge is 0.260 e. The highest BCUT2D eigenvalue weighted by molar-refractivity contribution is 7.18. The molecule has 0 spiro atoms. The Balaban J connectivity index is 1.81. The molecule has 1 aliphatic carbocycles. The molecule has 4 rings (SSSR count). The molecule has 0 saturated heterocycles. The van der Waals surface area contributed by atoms with Crippen molar-refractivity contribution in [1.82, 2.24) is 9.97 Å². The highest BCUT2D eigenvalue weighted by Gasteiger charge is 2.20. The van der Waals surface area contributed by atoms with Crippen molar-refractivity contribution in [1.29, 1.82) is 5.26 Å². The SMILES string of the molecule is COc1ccc(C=C(C#N)c2nc3sc4c(c3c(=O)[nH]2)CCCC4)cc1O. The lowest BCUT2D eigenvalue weighted by Crippen LogP contribution is -2.12. The molecule has 0 bridgehead atoms. The van der Waals surface area contributed by atoms with Crippen LogP contribution in [0.1, 0.15) is 34.7 Å². The van der Waals surface area contributed by atoms with E-state index in [9.17, 15) is 15.2 Å². The molecule has 6 nitrogen and oxygen atoms in total. The number of aromatic amines is 1. The first-order chi connectivity index (χ1) is 13.1. The zero-order valence-electron chi connectivity index (χ0n) is 14.7. The standard InChI is InChI=1S/C20H17N3O3S/c1-26-15-7-6-11(9-14(15)24)8-12(10-21)18-22-19(25)17-13-4-2-3-5-16(13)27-20(17)23-18/h6-9,24H,2-5H2,1H3,(H,22,23,25). The van der Waals surface area contributed by atoms with Gasteiger partial charge in [-0.05, 0) is 55.0 Å². The van der Waals surface area contributed by atoms with Crippen LogP contribution >= 0.6 is 11.3 Å². The predicted octanol–water partition coefficient (Wildman–Crippen LogP) is 3.64. The fourth-order valence-corrected chi connectivity index (χ4v) is 4.67. The van der Waals surface area contributed by atoms with Gasteiger partial charge in [0.1, 0.15) is 10.9 Å². The lowest BCUT2D eigenvalue weighted by molar-refractivity contribution is 0.373. The maximum absolute atomic E-state index is 12.7. The van der Waals surface area contributed by atoms with E-state index in [-0.39, 0.29) is 22.7 Å². The lowest BCUT2D eigenvalue weighted by atomic mass is 9.97. The number of benzene rings is 1. The number of fused-ring (bicyclic) bond motifs is 3. The number of nitriles is 1. The van der Waals surface area contributed by atoms with E-state index in [1.807, 2.05) is 0 Å². The fourth-order valence-electron chi connectivity index (χ4n) is 3.41. The van der Waals surface area contributed by atoms with Gasteiger partial charge in [-0.25, -0.2) is 4.98 Å². The molecule has 0 saturated carbocycles. The minimum atomic E-state index is -0.201.